The summed E-state index contributed by atoms with van der Waals surface area (Å²) in [5, 5.41) is 0. The van der Waals surface area contributed by atoms with Gasteiger partial charge in [0.2, 0.25) is 0 Å². The molecule has 25 valence electrons. The zero-order valence-corrected chi connectivity index (χ0v) is 18.7. The first-order valence-electron chi connectivity index (χ1n) is 0. The average Bonchev–Trinajstić information content (AvgIpc) is 0. The van der Waals surface area contributed by atoms with E-state index < -0.39 is 0 Å². The molecule has 0 amide bonds. The van der Waals surface area contributed by atoms with E-state index in [-0.39, 0.29) is 136 Å². The molecule has 0 aliphatic heterocycles. The molecular weight excluding hydrogens is 451 g/mol. The minimum atomic E-state index is 0. The zero-order valence-electron chi connectivity index (χ0n) is 3.78. The van der Waals surface area contributed by atoms with Gasteiger partial charge in [0, 0.05) is 136 Å². The van der Waals surface area contributed by atoms with Gasteiger partial charge in [-0.25, -0.2) is 0 Å². The molecule has 0 heterocycles. The molecule has 7 heteroatoms. The van der Waals surface area contributed by atoms with Crippen molar-refractivity contribution in [2.45, 2.75) is 0 Å². The predicted molar refractivity (Wildman–Crippen MR) is 28.8 cm³/mol. The van der Waals surface area contributed by atoms with Crippen LogP contribution in [0, 0.1) is 0 Å². The largest absolute Gasteiger partial charge is 0 e. The van der Waals surface area contributed by atoms with E-state index in [0.717, 1.165) is 0 Å². The molecule has 0 saturated carbocycles. The van der Waals surface area contributed by atoms with Gasteiger partial charge in [-0.3, -0.25) is 0 Å². The summed E-state index contributed by atoms with van der Waals surface area (Å²) in [5.41, 5.74) is 0. The van der Waals surface area contributed by atoms with E-state index in [2.05, 4.69) is 0 Å². The molecule has 0 aromatic carbocycles. The molecule has 0 aromatic heterocycles. The Bertz CT molecular complexity index is 6.04. The molecular formula is Ga5V2. The Balaban J connectivity index is 0. The van der Waals surface area contributed by atoms with Crippen molar-refractivity contribution in [2.75, 3.05) is 0 Å². The second-order valence-electron chi connectivity index (χ2n) is 0. The van der Waals surface area contributed by atoms with Gasteiger partial charge in [0.25, 0.3) is 0 Å². The van der Waals surface area contributed by atoms with E-state index >= 15 is 0 Å². The molecule has 0 bridgehead atoms. The van der Waals surface area contributed by atoms with Crippen LogP contribution in [0.3, 0.4) is 0 Å². The molecule has 0 unspecified atom stereocenters. The Morgan fingerprint density at radius 2 is 0.286 bits per heavy atom. The summed E-state index contributed by atoms with van der Waals surface area (Å²) in [6.07, 6.45) is 0. The van der Waals surface area contributed by atoms with Crippen molar-refractivity contribution < 1.29 is 37.1 Å². The van der Waals surface area contributed by atoms with Crippen LogP contribution in [0.2, 0.25) is 0 Å². The molecule has 0 N–H and O–H groups in total. The zero-order chi connectivity index (χ0) is 0. The summed E-state index contributed by atoms with van der Waals surface area (Å²) in [6, 6.07) is 0. The number of hydrogen-bond donors (Lipinski definition) is 0. The normalized spacial score (nSPS) is 0. The van der Waals surface area contributed by atoms with Gasteiger partial charge in [0.1, 0.15) is 0 Å². The van der Waals surface area contributed by atoms with Gasteiger partial charge in [0.15, 0.2) is 0 Å². The topological polar surface area (TPSA) is 0 Å². The molecule has 0 spiro atoms. The van der Waals surface area contributed by atoms with E-state index in [1.165, 1.54) is 0 Å². The van der Waals surface area contributed by atoms with E-state index in [9.17, 15) is 0 Å². The van der Waals surface area contributed by atoms with Gasteiger partial charge in [-0.1, -0.05) is 0 Å². The van der Waals surface area contributed by atoms with Crippen LogP contribution >= 0.6 is 0 Å². The molecule has 0 nitrogen and oxygen atoms in total. The van der Waals surface area contributed by atoms with Crippen molar-refractivity contribution in [3.63, 3.8) is 0 Å². The van der Waals surface area contributed by atoms with Crippen LogP contribution in [-0.4, -0.2) is 99.0 Å². The Hall–Kier alpha value is 4.35. The Morgan fingerprint density at radius 3 is 0.286 bits per heavy atom. The van der Waals surface area contributed by atoms with E-state index in [4.69, 9.17) is 0 Å². The third-order valence-electron chi connectivity index (χ3n) is 0. The first kappa shape index (κ1) is 64.2. The fraction of sp³-hybridized carbons (Fsp3) is 0. The Kier molecular flexibility index (Phi) is 439. The second kappa shape index (κ2) is 47.8. The molecule has 0 atom stereocenters. The van der Waals surface area contributed by atoms with Gasteiger partial charge in [0.05, 0.1) is 0 Å². The molecule has 0 rings (SSSR count). The van der Waals surface area contributed by atoms with Gasteiger partial charge >= 0.3 is 0 Å². The third-order valence-corrected chi connectivity index (χ3v) is 0. The quantitative estimate of drug-likeness (QED) is 0.378. The molecule has 0 aromatic rings. The van der Waals surface area contributed by atoms with Crippen molar-refractivity contribution in [1.29, 1.82) is 0 Å². The summed E-state index contributed by atoms with van der Waals surface area (Å²) in [4.78, 5) is 0. The maximum Gasteiger partial charge on any atom is 0 e. The molecule has 0 aliphatic rings. The first-order valence-corrected chi connectivity index (χ1v) is 0. The number of hydrogen-bond acceptors (Lipinski definition) is 0. The van der Waals surface area contributed by atoms with Crippen molar-refractivity contribution in [2.24, 2.45) is 0 Å². The predicted octanol–water partition coefficient (Wildman–Crippen LogP) is -1.91. The summed E-state index contributed by atoms with van der Waals surface area (Å²) in [6.45, 7) is 0. The third kappa shape index (κ3) is 38.1. The van der Waals surface area contributed by atoms with Crippen LogP contribution in [0.1, 0.15) is 0 Å². The fourth-order valence-corrected chi connectivity index (χ4v) is 0. The SMILES string of the molecule is [Ga].[Ga].[Ga].[Ga].[Ga].[V].[V]. The molecule has 7 heavy (non-hydrogen) atoms. The molecule has 0 saturated heterocycles. The maximum atomic E-state index is 0. The molecule has 17 radical (unpaired) electrons. The van der Waals surface area contributed by atoms with Crippen molar-refractivity contribution in [1.82, 2.24) is 0 Å². The van der Waals surface area contributed by atoms with Gasteiger partial charge in [-0.05, 0) is 0 Å². The van der Waals surface area contributed by atoms with Gasteiger partial charge < -0.3 is 0 Å². The van der Waals surface area contributed by atoms with Crippen LogP contribution in [-0.2, 0) is 37.1 Å². The molecule has 0 fully saturated rings. The van der Waals surface area contributed by atoms with Crippen LogP contribution in [0.5, 0.6) is 0 Å². The Labute approximate surface area is 133 Å². The summed E-state index contributed by atoms with van der Waals surface area (Å²) >= 11 is 0. The average molecular weight is 451 g/mol. The van der Waals surface area contributed by atoms with Crippen LogP contribution < -0.4 is 0 Å². The van der Waals surface area contributed by atoms with Crippen molar-refractivity contribution >= 4 is 99.0 Å². The van der Waals surface area contributed by atoms with E-state index in [1.54, 1.807) is 0 Å². The van der Waals surface area contributed by atoms with Gasteiger partial charge in [-0.2, -0.15) is 0 Å². The van der Waals surface area contributed by atoms with E-state index in [0.29, 0.717) is 0 Å². The van der Waals surface area contributed by atoms with Crippen molar-refractivity contribution in [3.05, 3.63) is 0 Å². The van der Waals surface area contributed by atoms with Crippen LogP contribution in [0.4, 0.5) is 0 Å². The smallest absolute Gasteiger partial charge is 0 e. The maximum absolute atomic E-state index is 0. The Morgan fingerprint density at radius 1 is 0.286 bits per heavy atom. The standard InChI is InChI=1S/5Ga.2V. The monoisotopic (exact) mass is 447 g/mol. The summed E-state index contributed by atoms with van der Waals surface area (Å²) < 4.78 is 0. The van der Waals surface area contributed by atoms with Crippen LogP contribution in [0.15, 0.2) is 0 Å². The minimum Gasteiger partial charge on any atom is 0 e. The fourth-order valence-electron chi connectivity index (χ4n) is 0. The van der Waals surface area contributed by atoms with Crippen molar-refractivity contribution in [3.8, 4) is 0 Å². The summed E-state index contributed by atoms with van der Waals surface area (Å²) in [7, 11) is 0. The van der Waals surface area contributed by atoms with Crippen LogP contribution in [0.25, 0.3) is 0 Å². The first-order chi connectivity index (χ1) is 0. The number of rotatable bonds is 0. The second-order valence-corrected chi connectivity index (χ2v) is 0. The molecule has 0 aliphatic carbocycles. The van der Waals surface area contributed by atoms with E-state index in [1.807, 2.05) is 0 Å². The van der Waals surface area contributed by atoms with Gasteiger partial charge in [-0.15, -0.1) is 0 Å². The summed E-state index contributed by atoms with van der Waals surface area (Å²) in [5.74, 6) is 0. The minimum absolute atomic E-state index is 0.